The molecule has 0 bridgehead atoms. The van der Waals surface area contributed by atoms with Crippen LogP contribution in [0.2, 0.25) is 0 Å². The highest BCUT2D eigenvalue weighted by atomic mass is 31.2. The number of aliphatic hydroxyl groups excluding tert-OH is 1. The Morgan fingerprint density at radius 3 is 1.13 bits per heavy atom. The van der Waals surface area contributed by atoms with Gasteiger partial charge in [0.15, 0.2) is 6.10 Å². The Hall–Kier alpha value is -3.34. The molecule has 0 aromatic heterocycles. The first-order chi connectivity index (χ1) is 37.2. The molecule has 438 valence electrons. The van der Waals surface area contributed by atoms with Gasteiger partial charge >= 0.3 is 25.7 Å². The Balaban J connectivity index is 4.79. The summed E-state index contributed by atoms with van der Waals surface area (Å²) in [4.78, 5) is 48.6. The highest BCUT2D eigenvalue weighted by Crippen LogP contribution is 2.43. The number of rotatable bonds is 56. The van der Waals surface area contributed by atoms with Gasteiger partial charge in [-0.2, -0.15) is 0 Å². The van der Waals surface area contributed by atoms with E-state index in [-0.39, 0.29) is 25.9 Å². The molecule has 0 aliphatic rings. The number of allylic oxidation sites excluding steroid dienone is 14. The molecule has 3 unspecified atom stereocenters. The van der Waals surface area contributed by atoms with Crippen molar-refractivity contribution in [3.63, 3.8) is 0 Å². The second-order valence-corrected chi connectivity index (χ2v) is 21.6. The third kappa shape index (κ3) is 55.4. The first-order valence-corrected chi connectivity index (χ1v) is 32.0. The zero-order valence-electron chi connectivity index (χ0n) is 48.5. The van der Waals surface area contributed by atoms with E-state index in [1.54, 1.807) is 0 Å². The van der Waals surface area contributed by atoms with E-state index in [2.05, 4.69) is 93.7 Å². The summed E-state index contributed by atoms with van der Waals surface area (Å²) in [5.74, 6) is -1.54. The van der Waals surface area contributed by atoms with E-state index < -0.39 is 57.8 Å². The third-order valence-electron chi connectivity index (χ3n) is 12.8. The molecule has 0 aromatic rings. The molecule has 0 saturated heterocycles. The van der Waals surface area contributed by atoms with Gasteiger partial charge < -0.3 is 24.2 Å². The van der Waals surface area contributed by atoms with E-state index in [0.29, 0.717) is 25.7 Å². The summed E-state index contributed by atoms with van der Waals surface area (Å²) in [6.07, 6.45) is 66.9. The van der Waals surface area contributed by atoms with Crippen LogP contribution < -0.4 is 0 Å². The van der Waals surface area contributed by atoms with Crippen molar-refractivity contribution in [2.24, 2.45) is 0 Å². The van der Waals surface area contributed by atoms with Crippen LogP contribution >= 0.6 is 7.82 Å². The fraction of sp³-hybridized carbons (Fsp3) is 0.734. The van der Waals surface area contributed by atoms with Crippen LogP contribution in [0, 0.1) is 0 Å². The summed E-state index contributed by atoms with van der Waals surface area (Å²) in [6, 6.07) is 0. The van der Waals surface area contributed by atoms with E-state index >= 15 is 0 Å². The van der Waals surface area contributed by atoms with E-state index in [0.717, 1.165) is 96.3 Å². The lowest BCUT2D eigenvalue weighted by Crippen LogP contribution is -2.30. The number of aliphatic hydroxyl groups is 1. The molecule has 0 fully saturated rings. The van der Waals surface area contributed by atoms with E-state index in [1.165, 1.54) is 103 Å². The van der Waals surface area contributed by atoms with E-state index in [1.807, 2.05) is 12.2 Å². The van der Waals surface area contributed by atoms with Gasteiger partial charge in [-0.1, -0.05) is 241 Å². The van der Waals surface area contributed by atoms with Crippen molar-refractivity contribution >= 4 is 25.7 Å². The highest BCUT2D eigenvalue weighted by molar-refractivity contribution is 7.47. The van der Waals surface area contributed by atoms with Crippen LogP contribution in [-0.2, 0) is 42.2 Å². The average Bonchev–Trinajstić information content (AvgIpc) is 3.41. The Labute approximate surface area is 464 Å². The molecule has 12 heteroatoms. The Kier molecular flexibility index (Phi) is 55.3. The predicted molar refractivity (Wildman–Crippen MR) is 316 cm³/mol. The SMILES string of the molecule is CC/C=C\C/C=C\C/C=C\C/C=C\C/C=C\CCCC(=O)OC(COC(=O)CCCCCCCCCCCCCCCCCCC)COP(=O)(O)OCC(CO)OC(=O)CCCCCCC/C=C\C/C=C\CCCCC. The van der Waals surface area contributed by atoms with Gasteiger partial charge in [0, 0.05) is 19.3 Å². The zero-order valence-corrected chi connectivity index (χ0v) is 49.3. The van der Waals surface area contributed by atoms with E-state index in [9.17, 15) is 28.9 Å². The largest absolute Gasteiger partial charge is 0.472 e. The van der Waals surface area contributed by atoms with Crippen molar-refractivity contribution in [2.45, 2.75) is 277 Å². The fourth-order valence-corrected chi connectivity index (χ4v) is 8.97. The summed E-state index contributed by atoms with van der Waals surface area (Å²) in [6.45, 7) is 4.45. The average molecular weight is 1090 g/mol. The number of phosphoric acid groups is 1. The zero-order chi connectivity index (χ0) is 55.5. The van der Waals surface area contributed by atoms with Gasteiger partial charge in [-0.15, -0.1) is 0 Å². The minimum atomic E-state index is -4.77. The maximum Gasteiger partial charge on any atom is 0.472 e. The topological polar surface area (TPSA) is 155 Å². The lowest BCUT2D eigenvalue weighted by molar-refractivity contribution is -0.161. The standard InChI is InChI=1S/C64H111O11P/c1-4-7-10-13-16-19-22-25-28-30-33-35-38-41-44-47-50-53-62(66)71-57-61(75-64(68)55-52-49-46-43-40-37-34-31-29-26-23-20-17-14-11-8-5-2)59-73-76(69,70)72-58-60(56-65)74-63(67)54-51-48-45-42-39-36-32-27-24-21-18-15-12-9-6-3/h8,11,17-18,20-21,26-27,29,32,34,37,43,46,60-61,65H,4-7,9-10,12-16,19,22-25,28,30-31,33,35-36,38-42,44-45,47-59H2,1-3H3,(H,69,70)/b11-8-,20-17-,21-18-,29-26-,32-27-,37-34-,46-43-. The normalized spacial score (nSPS) is 13.9. The second-order valence-electron chi connectivity index (χ2n) is 20.1. The summed E-state index contributed by atoms with van der Waals surface area (Å²) in [5, 5.41) is 9.83. The molecular formula is C64H111O11P. The molecule has 0 aromatic carbocycles. The summed E-state index contributed by atoms with van der Waals surface area (Å²) in [5.41, 5.74) is 0. The maximum absolute atomic E-state index is 12.9. The molecule has 0 aliphatic carbocycles. The van der Waals surface area contributed by atoms with Crippen molar-refractivity contribution in [3.05, 3.63) is 85.1 Å². The number of phosphoric ester groups is 1. The molecule has 0 heterocycles. The lowest BCUT2D eigenvalue weighted by atomic mass is 10.0. The first-order valence-electron chi connectivity index (χ1n) is 30.5. The minimum Gasteiger partial charge on any atom is -0.462 e. The molecule has 3 atom stereocenters. The number of hydrogen-bond acceptors (Lipinski definition) is 10. The van der Waals surface area contributed by atoms with Crippen LogP contribution in [-0.4, -0.2) is 66.5 Å². The quantitative estimate of drug-likeness (QED) is 0.0197. The second kappa shape index (κ2) is 57.8. The van der Waals surface area contributed by atoms with Gasteiger partial charge in [-0.3, -0.25) is 23.4 Å². The lowest BCUT2D eigenvalue weighted by Gasteiger charge is -2.21. The minimum absolute atomic E-state index is 0.0873. The number of carbonyl (C=O) groups excluding carboxylic acids is 3. The summed E-state index contributed by atoms with van der Waals surface area (Å²) in [7, 11) is -4.77. The Morgan fingerprint density at radius 1 is 0.382 bits per heavy atom. The number of carbonyl (C=O) groups is 3. The molecule has 0 radical (unpaired) electrons. The number of hydrogen-bond donors (Lipinski definition) is 2. The van der Waals surface area contributed by atoms with Gasteiger partial charge in [0.05, 0.1) is 19.8 Å². The molecule has 0 rings (SSSR count). The number of unbranched alkanes of at least 4 members (excludes halogenated alkanes) is 25. The van der Waals surface area contributed by atoms with Crippen LogP contribution in [0.5, 0.6) is 0 Å². The summed E-state index contributed by atoms with van der Waals surface area (Å²) < 4.78 is 39.5. The van der Waals surface area contributed by atoms with Crippen molar-refractivity contribution in [3.8, 4) is 0 Å². The number of esters is 3. The van der Waals surface area contributed by atoms with Crippen LogP contribution in [0.3, 0.4) is 0 Å². The Bertz CT molecular complexity index is 1600. The molecular weight excluding hydrogens is 976 g/mol. The van der Waals surface area contributed by atoms with Gasteiger partial charge in [0.25, 0.3) is 0 Å². The van der Waals surface area contributed by atoms with Crippen molar-refractivity contribution < 1.29 is 52.2 Å². The van der Waals surface area contributed by atoms with E-state index in [4.69, 9.17) is 23.3 Å². The summed E-state index contributed by atoms with van der Waals surface area (Å²) >= 11 is 0. The molecule has 11 nitrogen and oxygen atoms in total. The van der Waals surface area contributed by atoms with Gasteiger partial charge in [0.1, 0.15) is 12.7 Å². The predicted octanol–water partition coefficient (Wildman–Crippen LogP) is 18.3. The number of ether oxygens (including phenoxy) is 3. The van der Waals surface area contributed by atoms with Gasteiger partial charge in [0.2, 0.25) is 0 Å². The maximum atomic E-state index is 12.9. The third-order valence-corrected chi connectivity index (χ3v) is 13.8. The molecule has 2 N–H and O–H groups in total. The molecule has 0 aliphatic heterocycles. The van der Waals surface area contributed by atoms with Crippen LogP contribution in [0.1, 0.15) is 265 Å². The first kappa shape index (κ1) is 72.7. The highest BCUT2D eigenvalue weighted by Gasteiger charge is 2.28. The molecule has 0 spiro atoms. The van der Waals surface area contributed by atoms with Crippen LogP contribution in [0.4, 0.5) is 0 Å². The molecule has 0 saturated carbocycles. The van der Waals surface area contributed by atoms with Crippen molar-refractivity contribution in [1.29, 1.82) is 0 Å². The smallest absolute Gasteiger partial charge is 0.462 e. The van der Waals surface area contributed by atoms with Gasteiger partial charge in [-0.25, -0.2) is 4.57 Å². The monoisotopic (exact) mass is 1090 g/mol. The van der Waals surface area contributed by atoms with Crippen LogP contribution in [0.15, 0.2) is 85.1 Å². The molecule has 76 heavy (non-hydrogen) atoms. The van der Waals surface area contributed by atoms with Crippen LogP contribution in [0.25, 0.3) is 0 Å². The molecule has 0 amide bonds. The van der Waals surface area contributed by atoms with Crippen molar-refractivity contribution in [2.75, 3.05) is 26.4 Å². The fourth-order valence-electron chi connectivity index (χ4n) is 8.19. The Morgan fingerprint density at radius 2 is 0.697 bits per heavy atom. The van der Waals surface area contributed by atoms with Gasteiger partial charge in [-0.05, 0) is 89.9 Å². The van der Waals surface area contributed by atoms with Crippen molar-refractivity contribution in [1.82, 2.24) is 0 Å².